The lowest BCUT2D eigenvalue weighted by Crippen LogP contribution is -2.32. The molecule has 88 valence electrons. The molecular weight excluding hydrogens is 241 g/mol. The minimum Gasteiger partial charge on any atom is -0.310 e. The zero-order valence-corrected chi connectivity index (χ0v) is 11.0. The summed E-state index contributed by atoms with van der Waals surface area (Å²) in [5, 5.41) is 4.89. The molecule has 2 rings (SSSR count). The highest BCUT2D eigenvalue weighted by molar-refractivity contribution is 6.42. The van der Waals surface area contributed by atoms with Crippen LogP contribution in [0.2, 0.25) is 10.0 Å². The Kier molecular flexibility index (Phi) is 4.12. The highest BCUT2D eigenvalue weighted by atomic mass is 35.5. The summed E-state index contributed by atoms with van der Waals surface area (Å²) in [5.41, 5.74) is 1.15. The van der Waals surface area contributed by atoms with E-state index in [9.17, 15) is 0 Å². The van der Waals surface area contributed by atoms with E-state index in [4.69, 9.17) is 23.2 Å². The molecule has 1 fully saturated rings. The SMILES string of the molecule is CCNC(c1cccc(Cl)c1Cl)C1CCC1. The van der Waals surface area contributed by atoms with Crippen LogP contribution < -0.4 is 5.32 Å². The van der Waals surface area contributed by atoms with Crippen molar-refractivity contribution in [3.63, 3.8) is 0 Å². The van der Waals surface area contributed by atoms with E-state index in [1.807, 2.05) is 12.1 Å². The molecule has 16 heavy (non-hydrogen) atoms. The minimum atomic E-state index is 0.366. The smallest absolute Gasteiger partial charge is 0.0640 e. The van der Waals surface area contributed by atoms with Gasteiger partial charge < -0.3 is 5.32 Å². The van der Waals surface area contributed by atoms with Gasteiger partial charge in [0.1, 0.15) is 0 Å². The Balaban J connectivity index is 2.26. The molecular formula is C13H17Cl2N. The van der Waals surface area contributed by atoms with Crippen LogP contribution in [0.25, 0.3) is 0 Å². The van der Waals surface area contributed by atoms with Crippen molar-refractivity contribution in [3.05, 3.63) is 33.8 Å². The first-order valence-corrected chi connectivity index (χ1v) is 6.67. The second-order valence-electron chi connectivity index (χ2n) is 4.37. The van der Waals surface area contributed by atoms with Gasteiger partial charge in [-0.2, -0.15) is 0 Å². The molecule has 0 aliphatic heterocycles. The van der Waals surface area contributed by atoms with Crippen LogP contribution in [0.1, 0.15) is 37.8 Å². The molecule has 0 bridgehead atoms. The van der Waals surface area contributed by atoms with Crippen LogP contribution >= 0.6 is 23.2 Å². The molecule has 0 radical (unpaired) electrons. The second kappa shape index (κ2) is 5.39. The van der Waals surface area contributed by atoms with Crippen molar-refractivity contribution in [2.45, 2.75) is 32.2 Å². The third kappa shape index (κ3) is 2.37. The van der Waals surface area contributed by atoms with Crippen molar-refractivity contribution < 1.29 is 0 Å². The third-order valence-electron chi connectivity index (χ3n) is 3.36. The van der Waals surface area contributed by atoms with Crippen molar-refractivity contribution >= 4 is 23.2 Å². The number of halogens is 2. The number of nitrogens with one attached hydrogen (secondary N) is 1. The van der Waals surface area contributed by atoms with Crippen LogP contribution in [0, 0.1) is 5.92 Å². The Labute approximate surface area is 107 Å². The van der Waals surface area contributed by atoms with Crippen molar-refractivity contribution in [2.24, 2.45) is 5.92 Å². The first kappa shape index (κ1) is 12.2. The molecule has 1 saturated carbocycles. The second-order valence-corrected chi connectivity index (χ2v) is 5.15. The zero-order chi connectivity index (χ0) is 11.5. The van der Waals surface area contributed by atoms with Crippen LogP contribution in [-0.2, 0) is 0 Å². The Morgan fingerprint density at radius 1 is 1.38 bits per heavy atom. The van der Waals surface area contributed by atoms with E-state index < -0.39 is 0 Å². The highest BCUT2D eigenvalue weighted by Gasteiger charge is 2.29. The predicted octanol–water partition coefficient (Wildman–Crippen LogP) is 4.44. The molecule has 0 saturated heterocycles. The summed E-state index contributed by atoms with van der Waals surface area (Å²) in [5.74, 6) is 0.718. The summed E-state index contributed by atoms with van der Waals surface area (Å²) < 4.78 is 0. The quantitative estimate of drug-likeness (QED) is 0.841. The van der Waals surface area contributed by atoms with E-state index >= 15 is 0 Å². The zero-order valence-electron chi connectivity index (χ0n) is 9.47. The van der Waals surface area contributed by atoms with Gasteiger partial charge in [-0.25, -0.2) is 0 Å². The van der Waals surface area contributed by atoms with Gasteiger partial charge in [0.15, 0.2) is 0 Å². The molecule has 1 nitrogen and oxygen atoms in total. The average Bonchev–Trinajstić information content (AvgIpc) is 2.19. The summed E-state index contributed by atoms with van der Waals surface area (Å²) in [6, 6.07) is 6.27. The maximum absolute atomic E-state index is 6.28. The van der Waals surface area contributed by atoms with Crippen LogP contribution in [0.3, 0.4) is 0 Å². The normalized spacial score (nSPS) is 18.2. The predicted molar refractivity (Wildman–Crippen MR) is 70.2 cm³/mol. The standard InChI is InChI=1S/C13H17Cl2N/c1-2-16-13(9-5-3-6-9)10-7-4-8-11(14)12(10)15/h4,7-9,13,16H,2-3,5-6H2,1H3. The number of hydrogen-bond donors (Lipinski definition) is 1. The molecule has 0 heterocycles. The first-order chi connectivity index (χ1) is 7.74. The van der Waals surface area contributed by atoms with Crippen LogP contribution in [0.5, 0.6) is 0 Å². The molecule has 1 aromatic carbocycles. The Hall–Kier alpha value is -0.240. The molecule has 1 atom stereocenters. The van der Waals surface area contributed by atoms with Crippen LogP contribution in [0.15, 0.2) is 18.2 Å². The maximum Gasteiger partial charge on any atom is 0.0640 e. The van der Waals surface area contributed by atoms with Gasteiger partial charge in [-0.3, -0.25) is 0 Å². The summed E-state index contributed by atoms with van der Waals surface area (Å²) in [7, 11) is 0. The van der Waals surface area contributed by atoms with Crippen LogP contribution in [-0.4, -0.2) is 6.54 Å². The van der Waals surface area contributed by atoms with Gasteiger partial charge in [0.2, 0.25) is 0 Å². The van der Waals surface area contributed by atoms with E-state index in [0.717, 1.165) is 18.0 Å². The van der Waals surface area contributed by atoms with E-state index in [2.05, 4.69) is 18.3 Å². The average molecular weight is 258 g/mol. The molecule has 1 aromatic rings. The van der Waals surface area contributed by atoms with E-state index in [0.29, 0.717) is 16.1 Å². The number of rotatable bonds is 4. The summed E-state index contributed by atoms with van der Waals surface area (Å²) in [4.78, 5) is 0. The fraction of sp³-hybridized carbons (Fsp3) is 0.538. The lowest BCUT2D eigenvalue weighted by Gasteiger charge is -2.35. The van der Waals surface area contributed by atoms with Gasteiger partial charge in [-0.05, 0) is 36.9 Å². The molecule has 0 amide bonds. The third-order valence-corrected chi connectivity index (χ3v) is 4.20. The number of benzene rings is 1. The van der Waals surface area contributed by atoms with Crippen molar-refractivity contribution in [2.75, 3.05) is 6.54 Å². The van der Waals surface area contributed by atoms with Gasteiger partial charge in [0.25, 0.3) is 0 Å². The Morgan fingerprint density at radius 2 is 2.12 bits per heavy atom. The van der Waals surface area contributed by atoms with Gasteiger partial charge in [-0.15, -0.1) is 0 Å². The van der Waals surface area contributed by atoms with Crippen molar-refractivity contribution in [1.29, 1.82) is 0 Å². The molecule has 1 unspecified atom stereocenters. The largest absolute Gasteiger partial charge is 0.310 e. The number of hydrogen-bond acceptors (Lipinski definition) is 1. The Bertz CT molecular complexity index is 361. The van der Waals surface area contributed by atoms with E-state index in [1.165, 1.54) is 19.3 Å². The molecule has 1 aliphatic rings. The molecule has 0 spiro atoms. The molecule has 1 N–H and O–H groups in total. The summed E-state index contributed by atoms with van der Waals surface area (Å²) in [6.45, 7) is 3.09. The first-order valence-electron chi connectivity index (χ1n) is 5.91. The summed E-state index contributed by atoms with van der Waals surface area (Å²) in [6.07, 6.45) is 3.92. The molecule has 0 aromatic heterocycles. The lowest BCUT2D eigenvalue weighted by molar-refractivity contribution is 0.233. The van der Waals surface area contributed by atoms with Gasteiger partial charge >= 0.3 is 0 Å². The minimum absolute atomic E-state index is 0.366. The highest BCUT2D eigenvalue weighted by Crippen LogP contribution is 2.41. The monoisotopic (exact) mass is 257 g/mol. The fourth-order valence-corrected chi connectivity index (χ4v) is 2.71. The van der Waals surface area contributed by atoms with Crippen molar-refractivity contribution in [3.8, 4) is 0 Å². The van der Waals surface area contributed by atoms with E-state index in [-0.39, 0.29) is 0 Å². The van der Waals surface area contributed by atoms with Crippen LogP contribution in [0.4, 0.5) is 0 Å². The van der Waals surface area contributed by atoms with Gasteiger partial charge in [-0.1, -0.05) is 48.7 Å². The fourth-order valence-electron chi connectivity index (χ4n) is 2.28. The van der Waals surface area contributed by atoms with Gasteiger partial charge in [0.05, 0.1) is 10.0 Å². The lowest BCUT2D eigenvalue weighted by atomic mass is 9.77. The molecule has 1 aliphatic carbocycles. The topological polar surface area (TPSA) is 12.0 Å². The Morgan fingerprint density at radius 3 is 2.69 bits per heavy atom. The molecule has 3 heteroatoms. The van der Waals surface area contributed by atoms with Crippen molar-refractivity contribution in [1.82, 2.24) is 5.32 Å². The summed E-state index contributed by atoms with van der Waals surface area (Å²) >= 11 is 12.3. The van der Waals surface area contributed by atoms with E-state index in [1.54, 1.807) is 0 Å². The van der Waals surface area contributed by atoms with Gasteiger partial charge in [0, 0.05) is 6.04 Å². The maximum atomic E-state index is 6.28.